The van der Waals surface area contributed by atoms with Gasteiger partial charge in [0.05, 0.1) is 41.1 Å². The molecule has 2 aromatic carbocycles. The van der Waals surface area contributed by atoms with Gasteiger partial charge in [0.1, 0.15) is 0 Å². The van der Waals surface area contributed by atoms with Crippen LogP contribution in [0.25, 0.3) is 0 Å². The third-order valence-corrected chi connectivity index (χ3v) is 11.0. The fourth-order valence-electron chi connectivity index (χ4n) is 5.41. The Hall–Kier alpha value is -3.46. The number of benzene rings is 2. The molecule has 11 heteroatoms. The van der Waals surface area contributed by atoms with E-state index < -0.39 is 12.4 Å². The summed E-state index contributed by atoms with van der Waals surface area (Å²) < 4.78 is 25.7. The van der Waals surface area contributed by atoms with Crippen molar-refractivity contribution >= 4 is 41.4 Å². The lowest BCUT2D eigenvalue weighted by Gasteiger charge is -2.40. The van der Waals surface area contributed by atoms with Crippen molar-refractivity contribution in [1.29, 1.82) is 0 Å². The van der Waals surface area contributed by atoms with E-state index in [9.17, 15) is 10.1 Å². The molecule has 198 valence electrons. The molecule has 3 aliphatic rings. The van der Waals surface area contributed by atoms with Crippen LogP contribution in [-0.2, 0) is 14.7 Å². The Morgan fingerprint density at radius 1 is 1.16 bits per heavy atom. The minimum absolute atomic E-state index is 0.0194. The third kappa shape index (κ3) is 3.86. The largest absolute Gasteiger partial charge is 0.459 e. The van der Waals surface area contributed by atoms with Gasteiger partial charge < -0.3 is 18.6 Å². The summed E-state index contributed by atoms with van der Waals surface area (Å²) in [6.07, 6.45) is 1.59. The Labute approximate surface area is 221 Å². The fraction of sp³-hybridized carbons (Fsp3) is 0.370. The number of nitrogens with zero attached hydrogens (tertiary/aromatic N) is 5. The molecule has 6 rings (SSSR count). The molecule has 2 atom stereocenters. The lowest BCUT2D eigenvalue weighted by molar-refractivity contribution is -0.384. The van der Waals surface area contributed by atoms with Gasteiger partial charge in [-0.15, -0.1) is 0 Å². The number of likely N-dealkylation sites (N-methyl/N-ethyl adjacent to an activating group) is 1. The Bertz CT molecular complexity index is 1490. The second-order valence-corrected chi connectivity index (χ2v) is 12.9. The zero-order valence-electron chi connectivity index (χ0n) is 21.8. The summed E-state index contributed by atoms with van der Waals surface area (Å²) in [6, 6.07) is 14.6. The SMILES string of the molecule is C[C@H]1N(C)c2cc3c(cc2C1(C)C)[P@@](=Nc1cccc([N+](=O)[O-])c1)(N1CCOCC1)OC(c1ccco1)=N3. The minimum atomic E-state index is -3.01. The zero-order chi connectivity index (χ0) is 26.7. The molecule has 0 saturated carbocycles. The number of hydrogen-bond acceptors (Lipinski definition) is 8. The number of rotatable bonds is 4. The van der Waals surface area contributed by atoms with E-state index >= 15 is 0 Å². The first-order chi connectivity index (χ1) is 18.2. The molecule has 0 spiro atoms. The Morgan fingerprint density at radius 3 is 2.66 bits per heavy atom. The van der Waals surface area contributed by atoms with E-state index in [1.54, 1.807) is 24.5 Å². The van der Waals surface area contributed by atoms with Crippen molar-refractivity contribution in [1.82, 2.24) is 4.67 Å². The molecular weight excluding hydrogens is 505 g/mol. The lowest BCUT2D eigenvalue weighted by atomic mass is 9.81. The van der Waals surface area contributed by atoms with E-state index in [1.807, 2.05) is 6.07 Å². The van der Waals surface area contributed by atoms with Gasteiger partial charge in [-0.3, -0.25) is 10.1 Å². The molecule has 0 N–H and O–H groups in total. The highest BCUT2D eigenvalue weighted by Crippen LogP contribution is 2.61. The molecule has 0 bridgehead atoms. The number of ether oxygens (including phenoxy) is 1. The molecule has 38 heavy (non-hydrogen) atoms. The molecule has 1 saturated heterocycles. The first kappa shape index (κ1) is 24.9. The number of anilines is 1. The van der Waals surface area contributed by atoms with Crippen molar-refractivity contribution in [3.63, 3.8) is 0 Å². The van der Waals surface area contributed by atoms with Gasteiger partial charge in [0.2, 0.25) is 7.43 Å². The normalized spacial score (nSPS) is 24.3. The molecule has 0 unspecified atom stereocenters. The maximum Gasteiger partial charge on any atom is 0.271 e. The van der Waals surface area contributed by atoms with Crippen LogP contribution in [0, 0.1) is 10.1 Å². The van der Waals surface area contributed by atoms with E-state index in [2.05, 4.69) is 49.5 Å². The zero-order valence-corrected chi connectivity index (χ0v) is 22.7. The van der Waals surface area contributed by atoms with Gasteiger partial charge >= 0.3 is 0 Å². The Balaban J connectivity index is 1.66. The van der Waals surface area contributed by atoms with E-state index in [0.29, 0.717) is 43.6 Å². The second-order valence-electron chi connectivity index (χ2n) is 10.3. The van der Waals surface area contributed by atoms with Crippen molar-refractivity contribution in [2.45, 2.75) is 32.2 Å². The topological polar surface area (TPSA) is 106 Å². The summed E-state index contributed by atoms with van der Waals surface area (Å²) >= 11 is 0. The van der Waals surface area contributed by atoms with Crippen LogP contribution in [0.2, 0.25) is 0 Å². The molecule has 0 amide bonds. The molecule has 1 fully saturated rings. The molecule has 0 radical (unpaired) electrons. The van der Waals surface area contributed by atoms with E-state index in [1.165, 1.54) is 17.7 Å². The highest BCUT2D eigenvalue weighted by atomic mass is 31.2. The summed E-state index contributed by atoms with van der Waals surface area (Å²) in [5.41, 5.74) is 3.45. The van der Waals surface area contributed by atoms with Gasteiger partial charge in [-0.05, 0) is 42.8 Å². The maximum absolute atomic E-state index is 11.6. The number of furan rings is 1. The van der Waals surface area contributed by atoms with Gasteiger partial charge in [0, 0.05) is 49.4 Å². The number of morpholine rings is 1. The van der Waals surface area contributed by atoms with E-state index in [0.717, 1.165) is 16.7 Å². The van der Waals surface area contributed by atoms with Crippen LogP contribution in [0.5, 0.6) is 0 Å². The quantitative estimate of drug-likeness (QED) is 0.239. The molecule has 1 aromatic heterocycles. The number of non-ortho nitro benzene ring substituents is 1. The standard InChI is InChI=1S/C27H30N5O5P/c1-18-27(2,3)21-16-25-22(17-23(21)30(18)4)28-26(24-9-6-12-36-24)37-38(25,31-10-13-35-14-11-31)29-19-7-5-8-20(15-19)32(33)34/h5-9,12,15-18H,10-11,13-14H2,1-4H3/t18-,38-/m1/s1. The summed E-state index contributed by atoms with van der Waals surface area (Å²) in [7, 11) is -0.896. The molecular formula is C27H30N5O5P. The Morgan fingerprint density at radius 2 is 1.95 bits per heavy atom. The van der Waals surface area contributed by atoms with Crippen molar-refractivity contribution in [2.24, 2.45) is 9.74 Å². The first-order valence-corrected chi connectivity index (χ1v) is 14.3. The molecule has 0 aliphatic carbocycles. The second kappa shape index (κ2) is 9.08. The van der Waals surface area contributed by atoms with Crippen LogP contribution in [0.4, 0.5) is 22.7 Å². The smallest absolute Gasteiger partial charge is 0.271 e. The van der Waals surface area contributed by atoms with Gasteiger partial charge in [-0.1, -0.05) is 19.9 Å². The van der Waals surface area contributed by atoms with Crippen LogP contribution in [0.3, 0.4) is 0 Å². The maximum atomic E-state index is 11.6. The number of nitro groups is 1. The van der Waals surface area contributed by atoms with Gasteiger partial charge in [0.25, 0.3) is 11.6 Å². The monoisotopic (exact) mass is 535 g/mol. The first-order valence-electron chi connectivity index (χ1n) is 12.6. The summed E-state index contributed by atoms with van der Waals surface area (Å²) in [5.74, 6) is 0.856. The van der Waals surface area contributed by atoms with E-state index in [-0.39, 0.29) is 17.1 Å². The van der Waals surface area contributed by atoms with Crippen molar-refractivity contribution < 1.29 is 18.6 Å². The minimum Gasteiger partial charge on any atom is -0.459 e. The predicted octanol–water partition coefficient (Wildman–Crippen LogP) is 5.73. The van der Waals surface area contributed by atoms with Crippen LogP contribution in [-0.4, -0.2) is 54.9 Å². The summed E-state index contributed by atoms with van der Waals surface area (Å²) in [4.78, 5) is 18.4. The summed E-state index contributed by atoms with van der Waals surface area (Å²) in [5, 5.41) is 12.5. The molecule has 10 nitrogen and oxygen atoms in total. The van der Waals surface area contributed by atoms with E-state index in [4.69, 9.17) is 23.4 Å². The number of aliphatic imine (C=N–C) groups is 1. The third-order valence-electron chi connectivity index (χ3n) is 7.94. The predicted molar refractivity (Wildman–Crippen MR) is 147 cm³/mol. The fourth-order valence-corrected chi connectivity index (χ4v) is 8.43. The number of fused-ring (bicyclic) bond motifs is 2. The number of nitro benzene ring substituents is 1. The van der Waals surface area contributed by atoms with Crippen molar-refractivity contribution in [2.75, 3.05) is 38.3 Å². The van der Waals surface area contributed by atoms with Crippen LogP contribution in [0.15, 0.2) is 68.9 Å². The molecule has 3 aliphatic heterocycles. The van der Waals surface area contributed by atoms with Crippen LogP contribution in [0.1, 0.15) is 32.1 Å². The van der Waals surface area contributed by atoms with Gasteiger partial charge in [0.15, 0.2) is 5.76 Å². The average molecular weight is 536 g/mol. The van der Waals surface area contributed by atoms with Crippen LogP contribution >= 0.6 is 7.43 Å². The van der Waals surface area contributed by atoms with Crippen molar-refractivity contribution in [3.8, 4) is 0 Å². The van der Waals surface area contributed by atoms with Gasteiger partial charge in [-0.25, -0.2) is 14.4 Å². The van der Waals surface area contributed by atoms with Gasteiger partial charge in [-0.2, -0.15) is 0 Å². The van der Waals surface area contributed by atoms with Crippen molar-refractivity contribution in [3.05, 3.63) is 76.2 Å². The number of hydrogen-bond donors (Lipinski definition) is 0. The highest BCUT2D eigenvalue weighted by molar-refractivity contribution is 7.68. The Kier molecular flexibility index (Phi) is 5.94. The lowest BCUT2D eigenvalue weighted by Crippen LogP contribution is -2.39. The molecule has 3 aromatic rings. The highest BCUT2D eigenvalue weighted by Gasteiger charge is 2.46. The molecule has 4 heterocycles. The van der Waals surface area contributed by atoms with Crippen LogP contribution < -0.4 is 10.2 Å². The summed E-state index contributed by atoms with van der Waals surface area (Å²) in [6.45, 7) is 9.01. The average Bonchev–Trinajstić information content (AvgIpc) is 3.52.